The Kier molecular flexibility index (Phi) is 8.40. The lowest BCUT2D eigenvalue weighted by atomic mass is 10.0. The Morgan fingerprint density at radius 3 is 2.62 bits per heavy atom. The second kappa shape index (κ2) is 12.0. The van der Waals surface area contributed by atoms with E-state index in [1.165, 1.54) is 19.5 Å². The molecule has 218 valence electrons. The van der Waals surface area contributed by atoms with Gasteiger partial charge in [-0.25, -0.2) is 23.4 Å². The molecule has 4 aromatic rings. The Morgan fingerprint density at radius 1 is 1.17 bits per heavy atom. The number of fused-ring (bicyclic) bond motifs is 3. The molecule has 1 aromatic carbocycles. The number of hydrogen-bond donors (Lipinski definition) is 0. The fourth-order valence-corrected chi connectivity index (χ4v) is 6.22. The van der Waals surface area contributed by atoms with Crippen LogP contribution in [0.25, 0.3) is 11.5 Å². The molecule has 0 N–H and O–H groups in total. The van der Waals surface area contributed by atoms with Crippen molar-refractivity contribution in [1.29, 1.82) is 5.26 Å². The Bertz CT molecular complexity index is 1740. The molecule has 0 amide bonds. The molecule has 0 saturated carbocycles. The molecule has 1 aliphatic heterocycles. The average Bonchev–Trinajstić information content (AvgIpc) is 3.29. The topological polar surface area (TPSA) is 155 Å². The number of methoxy groups -OCH3 is 1. The van der Waals surface area contributed by atoms with E-state index in [1.807, 2.05) is 6.07 Å². The fourth-order valence-electron chi connectivity index (χ4n) is 4.74. The Morgan fingerprint density at radius 2 is 1.93 bits per heavy atom. The van der Waals surface area contributed by atoms with Crippen molar-refractivity contribution in [3.8, 4) is 29.1 Å². The quantitative estimate of drug-likeness (QED) is 0.269. The summed E-state index contributed by atoms with van der Waals surface area (Å²) in [6, 6.07) is 10.2. The second-order valence-electron chi connectivity index (χ2n) is 9.94. The van der Waals surface area contributed by atoms with Crippen LogP contribution in [0, 0.1) is 11.3 Å². The zero-order valence-electron chi connectivity index (χ0n) is 23.3. The highest BCUT2D eigenvalue weighted by molar-refractivity contribution is 7.91. The maximum atomic E-state index is 14.0. The van der Waals surface area contributed by atoms with Crippen LogP contribution >= 0.6 is 11.6 Å². The zero-order chi connectivity index (χ0) is 30.0. The van der Waals surface area contributed by atoms with E-state index in [-0.39, 0.29) is 24.4 Å². The lowest BCUT2D eigenvalue weighted by Crippen LogP contribution is -2.32. The normalized spacial score (nSPS) is 16.0. The summed E-state index contributed by atoms with van der Waals surface area (Å²) in [7, 11) is -2.42. The number of ether oxygens (including phenoxy) is 3. The number of nitrogens with zero attached hydrogens (tertiary/aromatic N) is 7. The third-order valence-electron chi connectivity index (χ3n) is 6.80. The summed E-state index contributed by atoms with van der Waals surface area (Å²) in [5.41, 5.74) is 1.51. The number of benzene rings is 1. The largest absolute Gasteiger partial charge is 0.493 e. The van der Waals surface area contributed by atoms with Gasteiger partial charge in [0.1, 0.15) is 24.3 Å². The van der Waals surface area contributed by atoms with E-state index in [1.54, 1.807) is 55.8 Å². The van der Waals surface area contributed by atoms with Crippen molar-refractivity contribution in [3.05, 3.63) is 76.7 Å². The first-order valence-corrected chi connectivity index (χ1v) is 15.2. The molecule has 4 heterocycles. The predicted octanol–water partition coefficient (Wildman–Crippen LogP) is 4.12. The molecule has 1 aliphatic rings. The summed E-state index contributed by atoms with van der Waals surface area (Å²) in [5.74, 6) is 1.02. The number of hydrogen-bond acceptors (Lipinski definition) is 11. The van der Waals surface area contributed by atoms with Gasteiger partial charge in [-0.3, -0.25) is 4.57 Å². The molecule has 0 spiro atoms. The molecule has 0 unspecified atom stereocenters. The molecule has 14 heteroatoms. The van der Waals surface area contributed by atoms with Crippen LogP contribution in [0.3, 0.4) is 0 Å². The minimum Gasteiger partial charge on any atom is -0.493 e. The fraction of sp³-hybridized carbons (Fsp3) is 0.357. The summed E-state index contributed by atoms with van der Waals surface area (Å²) in [6.45, 7) is 5.24. The summed E-state index contributed by atoms with van der Waals surface area (Å²) < 4.78 is 47.3. The Hall–Kier alpha value is -4.12. The number of rotatable bonds is 9. The molecule has 0 bridgehead atoms. The monoisotopic (exact) mass is 609 g/mol. The smallest absolute Gasteiger partial charge is 0.190 e. The van der Waals surface area contributed by atoms with Crippen LogP contribution in [0.4, 0.5) is 0 Å². The number of halogens is 1. The van der Waals surface area contributed by atoms with Gasteiger partial charge in [-0.2, -0.15) is 5.26 Å². The van der Waals surface area contributed by atoms with Crippen molar-refractivity contribution in [1.82, 2.24) is 29.7 Å². The van der Waals surface area contributed by atoms with Crippen LogP contribution in [0.1, 0.15) is 55.7 Å². The highest BCUT2D eigenvalue weighted by Gasteiger charge is 2.38. The van der Waals surface area contributed by atoms with E-state index in [4.69, 9.17) is 25.8 Å². The standard InChI is InChI=1S/C28H28ClN7O5S/c1-16(2)41-25(27-32-12-20(29)13-33-27)17(3)42(37,38)15-23-34-35-28-24-26(22(39-4)8-9-31-24)40-14-21(36(23)28)19-7-5-6-18(10-19)11-30/h5-10,12-13,16-17,21,25H,14-15H2,1-4H3/t17-,21-,25+/m0/s1. The van der Waals surface area contributed by atoms with Crippen LogP contribution in [-0.2, 0) is 20.3 Å². The first-order chi connectivity index (χ1) is 20.1. The molecule has 3 atom stereocenters. The van der Waals surface area contributed by atoms with Gasteiger partial charge in [0.05, 0.1) is 41.2 Å². The summed E-state index contributed by atoms with van der Waals surface area (Å²) in [5, 5.41) is 17.5. The molecule has 0 aliphatic carbocycles. The summed E-state index contributed by atoms with van der Waals surface area (Å²) in [6.07, 6.45) is 3.09. The molecular weight excluding hydrogens is 582 g/mol. The van der Waals surface area contributed by atoms with E-state index in [0.29, 0.717) is 39.2 Å². The summed E-state index contributed by atoms with van der Waals surface area (Å²) >= 11 is 5.96. The average molecular weight is 610 g/mol. The van der Waals surface area contributed by atoms with E-state index in [0.717, 1.165) is 0 Å². The number of nitriles is 1. The van der Waals surface area contributed by atoms with Gasteiger partial charge in [-0.1, -0.05) is 23.7 Å². The third-order valence-corrected chi connectivity index (χ3v) is 9.04. The van der Waals surface area contributed by atoms with Crippen LogP contribution in [-0.4, -0.2) is 63.2 Å². The van der Waals surface area contributed by atoms with Crippen LogP contribution in [0.2, 0.25) is 5.02 Å². The lowest BCUT2D eigenvalue weighted by molar-refractivity contribution is 0.00142. The first kappa shape index (κ1) is 29.4. The van der Waals surface area contributed by atoms with Gasteiger partial charge in [-0.15, -0.1) is 10.2 Å². The molecular formula is C28H28ClN7O5S. The van der Waals surface area contributed by atoms with Crippen LogP contribution in [0.15, 0.2) is 48.9 Å². The van der Waals surface area contributed by atoms with E-state index < -0.39 is 33.0 Å². The van der Waals surface area contributed by atoms with Gasteiger partial charge in [0.25, 0.3) is 0 Å². The van der Waals surface area contributed by atoms with Gasteiger partial charge < -0.3 is 14.2 Å². The maximum Gasteiger partial charge on any atom is 0.190 e. The van der Waals surface area contributed by atoms with Gasteiger partial charge in [0.2, 0.25) is 0 Å². The van der Waals surface area contributed by atoms with E-state index >= 15 is 0 Å². The van der Waals surface area contributed by atoms with Crippen molar-refractivity contribution >= 4 is 21.4 Å². The molecule has 0 radical (unpaired) electrons. The van der Waals surface area contributed by atoms with Gasteiger partial charge in [0, 0.05) is 24.7 Å². The zero-order valence-corrected chi connectivity index (χ0v) is 24.9. The lowest BCUT2D eigenvalue weighted by Gasteiger charge is -2.25. The Labute approximate surface area is 248 Å². The molecule has 5 rings (SSSR count). The van der Waals surface area contributed by atoms with Crippen molar-refractivity contribution < 1.29 is 22.6 Å². The SMILES string of the molecule is COc1ccnc2c1OC[C@@H](c1cccc(C#N)c1)n1c(CS(=O)(=O)[C@@H](C)[C@@H](OC(C)C)c3ncc(Cl)cn3)nnc1-2. The van der Waals surface area contributed by atoms with Gasteiger partial charge in [0.15, 0.2) is 38.7 Å². The molecule has 0 fully saturated rings. The molecule has 0 saturated heterocycles. The first-order valence-electron chi connectivity index (χ1n) is 13.1. The highest BCUT2D eigenvalue weighted by atomic mass is 35.5. The predicted molar refractivity (Wildman–Crippen MR) is 153 cm³/mol. The van der Waals surface area contributed by atoms with E-state index in [2.05, 4.69) is 31.2 Å². The van der Waals surface area contributed by atoms with Crippen LogP contribution in [0.5, 0.6) is 11.5 Å². The minimum absolute atomic E-state index is 0.0786. The van der Waals surface area contributed by atoms with Gasteiger partial charge in [-0.05, 0) is 38.5 Å². The number of pyridine rings is 1. The van der Waals surface area contributed by atoms with Crippen molar-refractivity contribution in [2.24, 2.45) is 0 Å². The molecule has 3 aromatic heterocycles. The highest BCUT2D eigenvalue weighted by Crippen LogP contribution is 2.41. The second-order valence-corrected chi connectivity index (χ2v) is 12.7. The van der Waals surface area contributed by atoms with Crippen molar-refractivity contribution in [3.63, 3.8) is 0 Å². The Balaban J connectivity index is 1.60. The van der Waals surface area contributed by atoms with Crippen LogP contribution < -0.4 is 9.47 Å². The number of sulfone groups is 1. The van der Waals surface area contributed by atoms with Gasteiger partial charge >= 0.3 is 0 Å². The van der Waals surface area contributed by atoms with Crippen molar-refractivity contribution in [2.75, 3.05) is 13.7 Å². The number of aromatic nitrogens is 6. The molecule has 42 heavy (non-hydrogen) atoms. The summed E-state index contributed by atoms with van der Waals surface area (Å²) in [4.78, 5) is 12.9. The van der Waals surface area contributed by atoms with E-state index in [9.17, 15) is 13.7 Å². The van der Waals surface area contributed by atoms with Crippen molar-refractivity contribution in [2.45, 2.75) is 50.0 Å². The minimum atomic E-state index is -3.94. The maximum absolute atomic E-state index is 14.0. The third kappa shape index (κ3) is 5.78. The molecule has 12 nitrogen and oxygen atoms in total.